The summed E-state index contributed by atoms with van der Waals surface area (Å²) in [6.45, 7) is 1.37. The number of carbonyl (C=O) groups excluding carboxylic acids is 2. The van der Waals surface area contributed by atoms with E-state index >= 15 is 0 Å². The second-order valence-electron chi connectivity index (χ2n) is 3.89. The van der Waals surface area contributed by atoms with Gasteiger partial charge in [0.25, 0.3) is 0 Å². The van der Waals surface area contributed by atoms with Gasteiger partial charge in [-0.25, -0.2) is 0 Å². The summed E-state index contributed by atoms with van der Waals surface area (Å²) in [5.41, 5.74) is 6.17. The van der Waals surface area contributed by atoms with Gasteiger partial charge in [0.1, 0.15) is 6.04 Å². The Labute approximate surface area is 109 Å². The van der Waals surface area contributed by atoms with Crippen LogP contribution in [0.15, 0.2) is 30.3 Å². The van der Waals surface area contributed by atoms with E-state index in [1.165, 1.54) is 19.1 Å². The van der Waals surface area contributed by atoms with Crippen molar-refractivity contribution in [2.75, 3.05) is 0 Å². The Bertz CT molecular complexity index is 520. The zero-order valence-electron chi connectivity index (χ0n) is 10.3. The predicted octanol–water partition coefficient (Wildman–Crippen LogP) is 0.388. The van der Waals surface area contributed by atoms with Crippen molar-refractivity contribution in [3.05, 3.63) is 41.5 Å². The molecule has 0 spiro atoms. The van der Waals surface area contributed by atoms with Gasteiger partial charge in [-0.1, -0.05) is 12.1 Å². The highest BCUT2D eigenvalue weighted by molar-refractivity contribution is 5.95. The number of benzene rings is 1. The molecule has 0 radical (unpaired) electrons. The first-order valence-corrected chi connectivity index (χ1v) is 5.51. The topological polar surface area (TPSA) is 109 Å². The Morgan fingerprint density at radius 3 is 2.32 bits per heavy atom. The first-order valence-electron chi connectivity index (χ1n) is 5.51. The van der Waals surface area contributed by atoms with E-state index in [4.69, 9.17) is 10.8 Å². The second kappa shape index (κ2) is 6.34. The molecular formula is C13H14N2O4. The van der Waals surface area contributed by atoms with Crippen molar-refractivity contribution in [1.82, 2.24) is 5.32 Å². The van der Waals surface area contributed by atoms with Gasteiger partial charge in [-0.05, 0) is 30.7 Å². The number of hydrogen-bond acceptors (Lipinski definition) is 3. The first-order chi connectivity index (χ1) is 8.90. The molecule has 19 heavy (non-hydrogen) atoms. The highest BCUT2D eigenvalue weighted by Gasteiger charge is 2.11. The van der Waals surface area contributed by atoms with Crippen LogP contribution in [-0.4, -0.2) is 28.9 Å². The summed E-state index contributed by atoms with van der Waals surface area (Å²) in [6.07, 6.45) is 2.73. The van der Waals surface area contributed by atoms with Gasteiger partial charge in [-0.15, -0.1) is 0 Å². The van der Waals surface area contributed by atoms with Crippen LogP contribution in [0.1, 0.15) is 22.8 Å². The number of nitrogens with two attached hydrogens (primary N) is 1. The standard InChI is InChI=1S/C13H14N2O4/c1-8(13(18)19)15-11(16)7-4-9-2-5-10(6-3-9)12(14)17/h2-8H,1H3,(H2,14,17)(H,15,16)(H,18,19)/t8-/m1/s1. The predicted molar refractivity (Wildman–Crippen MR) is 69.2 cm³/mol. The van der Waals surface area contributed by atoms with Crippen molar-refractivity contribution in [3.63, 3.8) is 0 Å². The lowest BCUT2D eigenvalue weighted by molar-refractivity contribution is -0.140. The summed E-state index contributed by atoms with van der Waals surface area (Å²) >= 11 is 0. The van der Waals surface area contributed by atoms with Crippen LogP contribution in [0.4, 0.5) is 0 Å². The lowest BCUT2D eigenvalue weighted by Crippen LogP contribution is -2.37. The number of rotatable bonds is 5. The van der Waals surface area contributed by atoms with E-state index in [-0.39, 0.29) is 0 Å². The van der Waals surface area contributed by atoms with E-state index < -0.39 is 23.8 Å². The van der Waals surface area contributed by atoms with E-state index in [0.29, 0.717) is 11.1 Å². The summed E-state index contributed by atoms with van der Waals surface area (Å²) < 4.78 is 0. The quantitative estimate of drug-likeness (QED) is 0.666. The van der Waals surface area contributed by atoms with Gasteiger partial charge in [-0.2, -0.15) is 0 Å². The summed E-state index contributed by atoms with van der Waals surface area (Å²) in [5.74, 6) is -2.13. The molecule has 1 aromatic carbocycles. The molecule has 100 valence electrons. The average Bonchev–Trinajstić information content (AvgIpc) is 2.36. The van der Waals surface area contributed by atoms with Gasteiger partial charge in [0.2, 0.25) is 11.8 Å². The molecule has 1 rings (SSSR count). The molecule has 0 aliphatic carbocycles. The number of carboxylic acid groups (broad SMARTS) is 1. The highest BCUT2D eigenvalue weighted by atomic mass is 16.4. The SMILES string of the molecule is C[C@@H](NC(=O)C=Cc1ccc(C(N)=O)cc1)C(=O)O. The van der Waals surface area contributed by atoms with E-state index in [1.54, 1.807) is 24.3 Å². The monoisotopic (exact) mass is 262 g/mol. The minimum absolute atomic E-state index is 0.376. The van der Waals surface area contributed by atoms with Crippen molar-refractivity contribution in [2.24, 2.45) is 5.73 Å². The molecule has 6 heteroatoms. The van der Waals surface area contributed by atoms with Gasteiger partial charge < -0.3 is 16.2 Å². The summed E-state index contributed by atoms with van der Waals surface area (Å²) in [7, 11) is 0. The molecule has 0 saturated carbocycles. The van der Waals surface area contributed by atoms with Crippen molar-refractivity contribution >= 4 is 23.9 Å². The fourth-order valence-corrected chi connectivity index (χ4v) is 1.25. The largest absolute Gasteiger partial charge is 0.480 e. The zero-order valence-corrected chi connectivity index (χ0v) is 10.3. The molecule has 0 bridgehead atoms. The Balaban J connectivity index is 2.63. The Morgan fingerprint density at radius 1 is 1.26 bits per heavy atom. The number of carboxylic acids is 1. The van der Waals surface area contributed by atoms with Crippen molar-refractivity contribution < 1.29 is 19.5 Å². The normalized spacial score (nSPS) is 12.1. The minimum atomic E-state index is -1.10. The maximum absolute atomic E-state index is 11.4. The molecule has 0 fully saturated rings. The van der Waals surface area contributed by atoms with E-state index in [2.05, 4.69) is 5.32 Å². The molecule has 1 atom stereocenters. The Hall–Kier alpha value is -2.63. The molecule has 0 saturated heterocycles. The van der Waals surface area contributed by atoms with Crippen LogP contribution in [0.3, 0.4) is 0 Å². The number of aliphatic carboxylic acids is 1. The van der Waals surface area contributed by atoms with Crippen LogP contribution in [-0.2, 0) is 9.59 Å². The number of carbonyl (C=O) groups is 3. The molecule has 1 aromatic rings. The maximum Gasteiger partial charge on any atom is 0.325 e. The van der Waals surface area contributed by atoms with E-state index in [0.717, 1.165) is 0 Å². The number of amides is 2. The van der Waals surface area contributed by atoms with Gasteiger partial charge in [-0.3, -0.25) is 14.4 Å². The summed E-state index contributed by atoms with van der Waals surface area (Å²) in [6, 6.07) is 5.39. The molecule has 0 aliphatic rings. The van der Waals surface area contributed by atoms with Gasteiger partial charge in [0, 0.05) is 11.6 Å². The Kier molecular flexibility index (Phi) is 4.82. The van der Waals surface area contributed by atoms with Crippen molar-refractivity contribution in [2.45, 2.75) is 13.0 Å². The van der Waals surface area contributed by atoms with Crippen LogP contribution in [0, 0.1) is 0 Å². The minimum Gasteiger partial charge on any atom is -0.480 e. The van der Waals surface area contributed by atoms with Crippen LogP contribution >= 0.6 is 0 Å². The molecule has 4 N–H and O–H groups in total. The highest BCUT2D eigenvalue weighted by Crippen LogP contribution is 2.05. The van der Waals surface area contributed by atoms with Crippen LogP contribution < -0.4 is 11.1 Å². The summed E-state index contributed by atoms with van der Waals surface area (Å²) in [4.78, 5) is 32.7. The lowest BCUT2D eigenvalue weighted by atomic mass is 10.1. The van der Waals surface area contributed by atoms with E-state index in [1.807, 2.05) is 0 Å². The van der Waals surface area contributed by atoms with Gasteiger partial charge in [0.05, 0.1) is 0 Å². The molecule has 0 heterocycles. The van der Waals surface area contributed by atoms with Crippen molar-refractivity contribution in [3.8, 4) is 0 Å². The smallest absolute Gasteiger partial charge is 0.325 e. The number of nitrogens with one attached hydrogen (secondary N) is 1. The third-order valence-electron chi connectivity index (χ3n) is 2.35. The van der Waals surface area contributed by atoms with Crippen LogP contribution in [0.5, 0.6) is 0 Å². The zero-order chi connectivity index (χ0) is 14.4. The molecule has 0 aromatic heterocycles. The number of primary amides is 1. The fourth-order valence-electron chi connectivity index (χ4n) is 1.25. The molecule has 0 aliphatic heterocycles. The Morgan fingerprint density at radius 2 is 1.84 bits per heavy atom. The fraction of sp³-hybridized carbons (Fsp3) is 0.154. The average molecular weight is 262 g/mol. The third kappa shape index (κ3) is 4.63. The van der Waals surface area contributed by atoms with E-state index in [9.17, 15) is 14.4 Å². The second-order valence-corrected chi connectivity index (χ2v) is 3.89. The van der Waals surface area contributed by atoms with Gasteiger partial charge in [0.15, 0.2) is 0 Å². The summed E-state index contributed by atoms with van der Waals surface area (Å²) in [5, 5.41) is 10.9. The lowest BCUT2D eigenvalue weighted by Gasteiger charge is -2.05. The van der Waals surface area contributed by atoms with Gasteiger partial charge >= 0.3 is 5.97 Å². The number of hydrogen-bond donors (Lipinski definition) is 3. The first kappa shape index (κ1) is 14.4. The third-order valence-corrected chi connectivity index (χ3v) is 2.35. The molecule has 2 amide bonds. The molecule has 6 nitrogen and oxygen atoms in total. The molecular weight excluding hydrogens is 248 g/mol. The van der Waals surface area contributed by atoms with Crippen molar-refractivity contribution in [1.29, 1.82) is 0 Å². The van der Waals surface area contributed by atoms with Crippen LogP contribution in [0.25, 0.3) is 6.08 Å². The maximum atomic E-state index is 11.4. The molecule has 0 unspecified atom stereocenters. The van der Waals surface area contributed by atoms with Crippen LogP contribution in [0.2, 0.25) is 0 Å².